The van der Waals surface area contributed by atoms with Gasteiger partial charge in [0.05, 0.1) is 5.69 Å². The molecule has 0 aliphatic heterocycles. The molecule has 2 aromatic carbocycles. The Morgan fingerprint density at radius 2 is 1.67 bits per heavy atom. The Kier molecular flexibility index (Phi) is 5.23. The van der Waals surface area contributed by atoms with Crippen LogP contribution in [0.5, 0.6) is 0 Å². The Labute approximate surface area is 158 Å². The SMILES string of the molecule is CC(C)n1c(-c2ccccc2)cc(/C=C(/O)c2ccccc2)c(C#N)c1=N. The maximum Gasteiger partial charge on any atom is 0.144 e. The average Bonchev–Trinajstić information content (AvgIpc) is 2.68. The lowest BCUT2D eigenvalue weighted by Crippen LogP contribution is -2.27. The largest absolute Gasteiger partial charge is 0.507 e. The first kappa shape index (κ1) is 18.2. The third-order valence-electron chi connectivity index (χ3n) is 4.38. The Balaban J connectivity index is 2.28. The van der Waals surface area contributed by atoms with Crippen molar-refractivity contribution in [2.45, 2.75) is 19.9 Å². The van der Waals surface area contributed by atoms with Crippen molar-refractivity contribution in [2.24, 2.45) is 0 Å². The summed E-state index contributed by atoms with van der Waals surface area (Å²) < 4.78 is 1.84. The zero-order chi connectivity index (χ0) is 19.4. The molecule has 0 spiro atoms. The van der Waals surface area contributed by atoms with E-state index in [2.05, 4.69) is 6.07 Å². The molecular formula is C23H21N3O. The van der Waals surface area contributed by atoms with Gasteiger partial charge in [-0.1, -0.05) is 60.7 Å². The van der Waals surface area contributed by atoms with Crippen molar-refractivity contribution in [3.63, 3.8) is 0 Å². The van der Waals surface area contributed by atoms with Crippen molar-refractivity contribution in [1.82, 2.24) is 4.57 Å². The molecule has 0 saturated carbocycles. The van der Waals surface area contributed by atoms with E-state index in [0.717, 1.165) is 11.3 Å². The lowest BCUT2D eigenvalue weighted by Gasteiger charge is -2.20. The first-order valence-electron chi connectivity index (χ1n) is 8.78. The first-order valence-corrected chi connectivity index (χ1v) is 8.78. The molecule has 4 nitrogen and oxygen atoms in total. The highest BCUT2D eigenvalue weighted by Gasteiger charge is 2.15. The highest BCUT2D eigenvalue weighted by Crippen LogP contribution is 2.25. The number of aliphatic hydroxyl groups excluding tert-OH is 1. The van der Waals surface area contributed by atoms with Gasteiger partial charge in [0.15, 0.2) is 0 Å². The van der Waals surface area contributed by atoms with E-state index in [9.17, 15) is 10.4 Å². The molecule has 4 heteroatoms. The van der Waals surface area contributed by atoms with Crippen molar-refractivity contribution in [1.29, 1.82) is 10.7 Å². The van der Waals surface area contributed by atoms with Crippen molar-refractivity contribution >= 4 is 11.8 Å². The molecule has 0 amide bonds. The summed E-state index contributed by atoms with van der Waals surface area (Å²) in [4.78, 5) is 0. The van der Waals surface area contributed by atoms with Gasteiger partial charge in [-0.25, -0.2) is 0 Å². The Bertz CT molecular complexity index is 1070. The Morgan fingerprint density at radius 1 is 1.07 bits per heavy atom. The fourth-order valence-electron chi connectivity index (χ4n) is 3.11. The van der Waals surface area contributed by atoms with Crippen LogP contribution in [0.1, 0.15) is 36.6 Å². The zero-order valence-electron chi connectivity index (χ0n) is 15.3. The molecule has 3 rings (SSSR count). The molecule has 3 aromatic rings. The van der Waals surface area contributed by atoms with Crippen LogP contribution in [0.4, 0.5) is 0 Å². The lowest BCUT2D eigenvalue weighted by molar-refractivity contribution is 0.515. The van der Waals surface area contributed by atoms with Crippen LogP contribution in [-0.4, -0.2) is 9.67 Å². The van der Waals surface area contributed by atoms with E-state index in [4.69, 9.17) is 5.41 Å². The van der Waals surface area contributed by atoms with Crippen molar-refractivity contribution in [3.05, 3.63) is 88.9 Å². The molecule has 0 aliphatic rings. The number of hydrogen-bond donors (Lipinski definition) is 2. The smallest absolute Gasteiger partial charge is 0.144 e. The van der Waals surface area contributed by atoms with Crippen LogP contribution in [0.3, 0.4) is 0 Å². The topological polar surface area (TPSA) is 72.8 Å². The van der Waals surface area contributed by atoms with Gasteiger partial charge in [-0.15, -0.1) is 0 Å². The number of pyridine rings is 1. The van der Waals surface area contributed by atoms with Crippen LogP contribution in [0.2, 0.25) is 0 Å². The van der Waals surface area contributed by atoms with Crippen LogP contribution in [-0.2, 0) is 0 Å². The van der Waals surface area contributed by atoms with Crippen molar-refractivity contribution in [3.8, 4) is 17.3 Å². The van der Waals surface area contributed by atoms with E-state index in [0.29, 0.717) is 11.1 Å². The first-order chi connectivity index (χ1) is 13.0. The average molecular weight is 355 g/mol. The molecule has 0 aliphatic carbocycles. The standard InChI is InChI=1S/C23H21N3O/c1-16(2)26-21(17-9-5-3-6-10-17)13-19(20(15-24)23(26)25)14-22(27)18-11-7-4-8-12-18/h3-14,16,25,27H,1-2H3/b22-14+,25-23?. The van der Waals surface area contributed by atoms with E-state index >= 15 is 0 Å². The van der Waals surface area contributed by atoms with Gasteiger partial charge < -0.3 is 9.67 Å². The number of aliphatic hydroxyl groups is 1. The Hall–Kier alpha value is -3.58. The molecule has 2 N–H and O–H groups in total. The molecule has 27 heavy (non-hydrogen) atoms. The van der Waals surface area contributed by atoms with Gasteiger partial charge in [-0.3, -0.25) is 5.41 Å². The fourth-order valence-corrected chi connectivity index (χ4v) is 3.11. The van der Waals surface area contributed by atoms with Gasteiger partial charge in [-0.05, 0) is 31.6 Å². The maximum absolute atomic E-state index is 10.5. The quantitative estimate of drug-likeness (QED) is 0.636. The predicted molar refractivity (Wildman–Crippen MR) is 108 cm³/mol. The molecule has 0 saturated heterocycles. The molecule has 0 radical (unpaired) electrons. The third kappa shape index (κ3) is 3.68. The van der Waals surface area contributed by atoms with Gasteiger partial charge in [-0.2, -0.15) is 5.26 Å². The monoisotopic (exact) mass is 355 g/mol. The van der Waals surface area contributed by atoms with Crippen LogP contribution in [0.15, 0.2) is 66.7 Å². The normalized spacial score (nSPS) is 11.4. The molecule has 0 atom stereocenters. The third-order valence-corrected chi connectivity index (χ3v) is 4.38. The highest BCUT2D eigenvalue weighted by molar-refractivity contribution is 5.80. The molecule has 1 aromatic heterocycles. The summed E-state index contributed by atoms with van der Waals surface area (Å²) in [6, 6.07) is 23.0. The number of nitriles is 1. The van der Waals surface area contributed by atoms with E-state index < -0.39 is 0 Å². The van der Waals surface area contributed by atoms with Crippen LogP contribution in [0, 0.1) is 16.7 Å². The number of aromatic nitrogens is 1. The summed E-state index contributed by atoms with van der Waals surface area (Å²) in [5.74, 6) is 0.0628. The lowest BCUT2D eigenvalue weighted by atomic mass is 10.0. The molecule has 0 unspecified atom stereocenters. The second-order valence-electron chi connectivity index (χ2n) is 6.55. The minimum absolute atomic E-state index is 0.0144. The van der Waals surface area contributed by atoms with Gasteiger partial charge in [0.25, 0.3) is 0 Å². The summed E-state index contributed by atoms with van der Waals surface area (Å²) in [6.07, 6.45) is 1.56. The molecule has 0 fully saturated rings. The molecule has 134 valence electrons. The summed E-state index contributed by atoms with van der Waals surface area (Å²) in [5.41, 5.74) is 3.36. The van der Waals surface area contributed by atoms with Crippen LogP contribution < -0.4 is 5.49 Å². The van der Waals surface area contributed by atoms with Gasteiger partial charge in [0, 0.05) is 17.2 Å². The summed E-state index contributed by atoms with van der Waals surface area (Å²) in [6.45, 7) is 3.98. The van der Waals surface area contributed by atoms with E-state index in [-0.39, 0.29) is 22.9 Å². The van der Waals surface area contributed by atoms with Gasteiger partial charge in [0.1, 0.15) is 22.9 Å². The van der Waals surface area contributed by atoms with Gasteiger partial charge >= 0.3 is 0 Å². The zero-order valence-corrected chi connectivity index (χ0v) is 15.3. The number of nitrogens with one attached hydrogen (secondary N) is 1. The molecule has 0 bridgehead atoms. The number of benzene rings is 2. The molecular weight excluding hydrogens is 334 g/mol. The van der Waals surface area contributed by atoms with Crippen LogP contribution >= 0.6 is 0 Å². The van der Waals surface area contributed by atoms with E-state index in [1.807, 2.05) is 73.0 Å². The number of rotatable bonds is 4. The highest BCUT2D eigenvalue weighted by atomic mass is 16.3. The van der Waals surface area contributed by atoms with E-state index in [1.54, 1.807) is 18.2 Å². The van der Waals surface area contributed by atoms with Crippen LogP contribution in [0.25, 0.3) is 23.1 Å². The van der Waals surface area contributed by atoms with Gasteiger partial charge in [0.2, 0.25) is 0 Å². The summed E-state index contributed by atoms with van der Waals surface area (Å²) in [5, 5.41) is 28.8. The fraction of sp³-hybridized carbons (Fsp3) is 0.130. The minimum Gasteiger partial charge on any atom is -0.507 e. The second kappa shape index (κ2) is 7.76. The number of hydrogen-bond acceptors (Lipinski definition) is 3. The second-order valence-corrected chi connectivity index (χ2v) is 6.55. The van der Waals surface area contributed by atoms with Crippen molar-refractivity contribution < 1.29 is 5.11 Å². The Morgan fingerprint density at radius 3 is 2.22 bits per heavy atom. The summed E-state index contributed by atoms with van der Waals surface area (Å²) in [7, 11) is 0. The number of nitrogens with zero attached hydrogens (tertiary/aromatic N) is 2. The van der Waals surface area contributed by atoms with Crippen molar-refractivity contribution in [2.75, 3.05) is 0 Å². The maximum atomic E-state index is 10.5. The minimum atomic E-state index is 0.0144. The predicted octanol–water partition coefficient (Wildman–Crippen LogP) is 5.14. The van der Waals surface area contributed by atoms with E-state index in [1.165, 1.54) is 0 Å². The molecule has 1 heterocycles. The summed E-state index contributed by atoms with van der Waals surface area (Å²) >= 11 is 0.